The number of nitrogens with one attached hydrogen (secondary N) is 1. The van der Waals surface area contributed by atoms with Crippen molar-refractivity contribution in [1.82, 2.24) is 10.2 Å². The summed E-state index contributed by atoms with van der Waals surface area (Å²) in [4.78, 5) is 13.3. The minimum atomic E-state index is -2.88. The van der Waals surface area contributed by atoms with Crippen LogP contribution in [0.3, 0.4) is 0 Å². The molecule has 1 saturated heterocycles. The normalized spacial score (nSPS) is 21.2. The van der Waals surface area contributed by atoms with Gasteiger partial charge in [0.05, 0.1) is 24.3 Å². The minimum absolute atomic E-state index is 0.0333. The van der Waals surface area contributed by atoms with Crippen molar-refractivity contribution in [3.63, 3.8) is 0 Å². The van der Waals surface area contributed by atoms with Crippen molar-refractivity contribution in [3.05, 3.63) is 24.2 Å². The van der Waals surface area contributed by atoms with Crippen LogP contribution in [0.2, 0.25) is 0 Å². The molecule has 0 spiro atoms. The van der Waals surface area contributed by atoms with Gasteiger partial charge in [-0.15, -0.1) is 0 Å². The van der Waals surface area contributed by atoms with E-state index in [1.165, 1.54) is 4.90 Å². The van der Waals surface area contributed by atoms with Gasteiger partial charge in [0.1, 0.15) is 5.76 Å². The molecule has 1 N–H and O–H groups in total. The first-order valence-electron chi connectivity index (χ1n) is 6.18. The zero-order valence-electron chi connectivity index (χ0n) is 10.8. The second kappa shape index (κ2) is 5.64. The van der Waals surface area contributed by atoms with Crippen LogP contribution >= 0.6 is 0 Å². The smallest absolute Gasteiger partial charge is 0.317 e. The van der Waals surface area contributed by atoms with Crippen LogP contribution in [0.15, 0.2) is 22.8 Å². The summed E-state index contributed by atoms with van der Waals surface area (Å²) in [5, 5.41) is 2.76. The first-order valence-corrected chi connectivity index (χ1v) is 8.00. The molecule has 1 aliphatic rings. The molecule has 1 aliphatic heterocycles. The predicted octanol–water partition coefficient (Wildman–Crippen LogP) is 0.856. The third kappa shape index (κ3) is 3.99. The van der Waals surface area contributed by atoms with Crippen LogP contribution in [0.5, 0.6) is 0 Å². The molecular formula is C12H18N2O4S. The Morgan fingerprint density at radius 3 is 2.95 bits per heavy atom. The Balaban J connectivity index is 1.75. The summed E-state index contributed by atoms with van der Waals surface area (Å²) >= 11 is 0. The molecule has 19 heavy (non-hydrogen) atoms. The maximum absolute atomic E-state index is 11.8. The standard InChI is InChI=1S/C12H18N2O4S/c1-14(8-11-3-2-5-18-11)12(15)13-7-10-4-6-19(16,17)9-10/h2-3,5,10H,4,6-9H2,1H3,(H,13,15)/t10-/m1/s1. The predicted molar refractivity (Wildman–Crippen MR) is 70.3 cm³/mol. The van der Waals surface area contributed by atoms with Crippen LogP contribution in [0.25, 0.3) is 0 Å². The van der Waals surface area contributed by atoms with Gasteiger partial charge >= 0.3 is 6.03 Å². The van der Waals surface area contributed by atoms with Crippen LogP contribution in [-0.2, 0) is 16.4 Å². The molecule has 0 bridgehead atoms. The van der Waals surface area contributed by atoms with Crippen molar-refractivity contribution in [1.29, 1.82) is 0 Å². The van der Waals surface area contributed by atoms with E-state index < -0.39 is 9.84 Å². The molecule has 1 atom stereocenters. The van der Waals surface area contributed by atoms with E-state index in [1.54, 1.807) is 25.4 Å². The number of nitrogens with zero attached hydrogens (tertiary/aromatic N) is 1. The SMILES string of the molecule is CN(Cc1ccco1)C(=O)NC[C@H]1CCS(=O)(=O)C1. The summed E-state index contributed by atoms with van der Waals surface area (Å²) in [6, 6.07) is 3.35. The van der Waals surface area contributed by atoms with Gasteiger partial charge in [0.25, 0.3) is 0 Å². The average molecular weight is 286 g/mol. The molecule has 0 saturated carbocycles. The summed E-state index contributed by atoms with van der Waals surface area (Å²) in [7, 11) is -1.21. The lowest BCUT2D eigenvalue weighted by atomic mass is 10.1. The van der Waals surface area contributed by atoms with Crippen LogP contribution in [-0.4, -0.2) is 44.4 Å². The van der Waals surface area contributed by atoms with Gasteiger partial charge < -0.3 is 14.6 Å². The number of rotatable bonds is 4. The van der Waals surface area contributed by atoms with Crippen molar-refractivity contribution >= 4 is 15.9 Å². The number of urea groups is 1. The van der Waals surface area contributed by atoms with Gasteiger partial charge in [0.15, 0.2) is 9.84 Å². The molecule has 0 radical (unpaired) electrons. The summed E-state index contributed by atoms with van der Waals surface area (Å²) in [5.41, 5.74) is 0. The van der Waals surface area contributed by atoms with Crippen molar-refractivity contribution < 1.29 is 17.6 Å². The number of carbonyl (C=O) groups excluding carboxylic acids is 1. The fraction of sp³-hybridized carbons (Fsp3) is 0.583. The fourth-order valence-corrected chi connectivity index (χ4v) is 3.97. The van der Waals surface area contributed by atoms with E-state index in [2.05, 4.69) is 5.32 Å². The topological polar surface area (TPSA) is 79.6 Å². The monoisotopic (exact) mass is 286 g/mol. The molecule has 0 unspecified atom stereocenters. The summed E-state index contributed by atoms with van der Waals surface area (Å²) in [6.07, 6.45) is 2.19. The highest BCUT2D eigenvalue weighted by Crippen LogP contribution is 2.17. The first kappa shape index (κ1) is 13.9. The number of sulfone groups is 1. The van der Waals surface area contributed by atoms with Gasteiger partial charge in [-0.3, -0.25) is 0 Å². The molecule has 7 heteroatoms. The summed E-state index contributed by atoms with van der Waals surface area (Å²) in [6.45, 7) is 0.794. The largest absolute Gasteiger partial charge is 0.467 e. The van der Waals surface area contributed by atoms with E-state index in [0.29, 0.717) is 25.3 Å². The van der Waals surface area contributed by atoms with Crippen LogP contribution in [0.1, 0.15) is 12.2 Å². The highest BCUT2D eigenvalue weighted by atomic mass is 32.2. The Kier molecular flexibility index (Phi) is 4.14. The van der Waals surface area contributed by atoms with Gasteiger partial charge in [0.2, 0.25) is 0 Å². The second-order valence-electron chi connectivity index (χ2n) is 4.89. The molecule has 1 aromatic heterocycles. The van der Waals surface area contributed by atoms with Gasteiger partial charge in [-0.1, -0.05) is 0 Å². The Morgan fingerprint density at radius 2 is 2.37 bits per heavy atom. The van der Waals surface area contributed by atoms with E-state index in [4.69, 9.17) is 4.42 Å². The Bertz CT molecular complexity index is 524. The molecule has 2 heterocycles. The zero-order chi connectivity index (χ0) is 13.9. The lowest BCUT2D eigenvalue weighted by Crippen LogP contribution is -2.39. The molecule has 6 nitrogen and oxygen atoms in total. The van der Waals surface area contributed by atoms with Gasteiger partial charge in [-0.05, 0) is 24.5 Å². The number of amides is 2. The second-order valence-corrected chi connectivity index (χ2v) is 7.12. The molecule has 106 valence electrons. The van der Waals surface area contributed by atoms with E-state index in [9.17, 15) is 13.2 Å². The molecule has 2 amide bonds. The molecule has 2 rings (SSSR count). The van der Waals surface area contributed by atoms with E-state index >= 15 is 0 Å². The third-order valence-corrected chi connectivity index (χ3v) is 5.03. The highest BCUT2D eigenvalue weighted by molar-refractivity contribution is 7.91. The minimum Gasteiger partial charge on any atom is -0.467 e. The molecule has 0 aliphatic carbocycles. The average Bonchev–Trinajstić information content (AvgIpc) is 2.95. The Labute approximate surface area is 112 Å². The number of carbonyl (C=O) groups is 1. The van der Waals surface area contributed by atoms with E-state index in [0.717, 1.165) is 0 Å². The van der Waals surface area contributed by atoms with Crippen molar-refractivity contribution in [2.45, 2.75) is 13.0 Å². The third-order valence-electron chi connectivity index (χ3n) is 3.19. The Morgan fingerprint density at radius 1 is 1.58 bits per heavy atom. The maximum atomic E-state index is 11.8. The van der Waals surface area contributed by atoms with Crippen molar-refractivity contribution in [2.75, 3.05) is 25.1 Å². The van der Waals surface area contributed by atoms with Gasteiger partial charge in [-0.25, -0.2) is 13.2 Å². The number of hydrogen-bond donors (Lipinski definition) is 1. The summed E-state index contributed by atoms with van der Waals surface area (Å²) < 4.78 is 27.7. The van der Waals surface area contributed by atoms with Crippen LogP contribution in [0, 0.1) is 5.92 Å². The van der Waals surface area contributed by atoms with Crippen LogP contribution in [0.4, 0.5) is 4.79 Å². The van der Waals surface area contributed by atoms with Gasteiger partial charge in [0, 0.05) is 13.6 Å². The molecule has 1 fully saturated rings. The lowest BCUT2D eigenvalue weighted by Gasteiger charge is -2.18. The molecule has 0 aromatic carbocycles. The van der Waals surface area contributed by atoms with Crippen molar-refractivity contribution in [2.24, 2.45) is 5.92 Å². The number of hydrogen-bond acceptors (Lipinski definition) is 4. The molecule has 1 aromatic rings. The van der Waals surface area contributed by atoms with Crippen LogP contribution < -0.4 is 5.32 Å². The first-order chi connectivity index (χ1) is 8.96. The fourth-order valence-electron chi connectivity index (χ4n) is 2.11. The lowest BCUT2D eigenvalue weighted by molar-refractivity contribution is 0.201. The Hall–Kier alpha value is -1.50. The van der Waals surface area contributed by atoms with Gasteiger partial charge in [-0.2, -0.15) is 0 Å². The quantitative estimate of drug-likeness (QED) is 0.890. The maximum Gasteiger partial charge on any atom is 0.317 e. The zero-order valence-corrected chi connectivity index (χ0v) is 11.6. The van der Waals surface area contributed by atoms with Crippen molar-refractivity contribution in [3.8, 4) is 0 Å². The van der Waals surface area contributed by atoms with E-state index in [-0.39, 0.29) is 23.5 Å². The number of furan rings is 1. The van der Waals surface area contributed by atoms with E-state index in [1.807, 2.05) is 0 Å². The molecular weight excluding hydrogens is 268 g/mol. The highest BCUT2D eigenvalue weighted by Gasteiger charge is 2.28. The summed E-state index contributed by atoms with van der Waals surface area (Å²) in [5.74, 6) is 1.15.